The van der Waals surface area contributed by atoms with Gasteiger partial charge in [-0.3, -0.25) is 11.3 Å². The van der Waals surface area contributed by atoms with Crippen molar-refractivity contribution < 1.29 is 4.39 Å². The van der Waals surface area contributed by atoms with Gasteiger partial charge in [0.15, 0.2) is 0 Å². The molecule has 3 rings (SSSR count). The molecule has 0 saturated heterocycles. The third kappa shape index (κ3) is 2.41. The molecule has 2 aromatic heterocycles. The van der Waals surface area contributed by atoms with Crippen molar-refractivity contribution in [2.24, 2.45) is 5.84 Å². The van der Waals surface area contributed by atoms with Crippen LogP contribution in [0.3, 0.4) is 0 Å². The molecule has 0 bridgehead atoms. The van der Waals surface area contributed by atoms with Gasteiger partial charge >= 0.3 is 0 Å². The number of hydrazine groups is 1. The zero-order chi connectivity index (χ0) is 13.9. The van der Waals surface area contributed by atoms with E-state index in [2.05, 4.69) is 10.5 Å². The zero-order valence-electron chi connectivity index (χ0n) is 10.8. The SMILES string of the molecule is NNC(Cc1ccc(F)cc1)c1cnn2ccccc12. The molecule has 3 N–H and O–H groups in total. The molecule has 0 spiro atoms. The maximum atomic E-state index is 12.9. The smallest absolute Gasteiger partial charge is 0.123 e. The van der Waals surface area contributed by atoms with Crippen molar-refractivity contribution >= 4 is 5.52 Å². The topological polar surface area (TPSA) is 55.3 Å². The van der Waals surface area contributed by atoms with E-state index in [-0.39, 0.29) is 11.9 Å². The monoisotopic (exact) mass is 270 g/mol. The van der Waals surface area contributed by atoms with Gasteiger partial charge in [-0.2, -0.15) is 5.10 Å². The first-order valence-electron chi connectivity index (χ1n) is 6.41. The van der Waals surface area contributed by atoms with Crippen molar-refractivity contribution in [2.45, 2.75) is 12.5 Å². The Balaban J connectivity index is 1.91. The molecule has 1 aromatic carbocycles. The number of nitrogens with zero attached hydrogens (tertiary/aromatic N) is 2. The number of rotatable bonds is 4. The van der Waals surface area contributed by atoms with Gasteiger partial charge in [-0.05, 0) is 36.2 Å². The third-order valence-electron chi connectivity index (χ3n) is 3.39. The highest BCUT2D eigenvalue weighted by atomic mass is 19.1. The molecule has 0 aliphatic rings. The molecule has 0 radical (unpaired) electrons. The predicted octanol–water partition coefficient (Wildman–Crippen LogP) is 2.22. The number of aromatic nitrogens is 2. The summed E-state index contributed by atoms with van der Waals surface area (Å²) in [6.45, 7) is 0. The first kappa shape index (κ1) is 12.8. The molecule has 2 heterocycles. The molecule has 0 aliphatic heterocycles. The van der Waals surface area contributed by atoms with E-state index in [0.717, 1.165) is 16.6 Å². The molecule has 0 amide bonds. The van der Waals surface area contributed by atoms with Crippen molar-refractivity contribution in [1.29, 1.82) is 0 Å². The minimum atomic E-state index is -0.234. The fraction of sp³-hybridized carbons (Fsp3) is 0.133. The second-order valence-corrected chi connectivity index (χ2v) is 4.68. The van der Waals surface area contributed by atoms with Crippen LogP contribution in [0.4, 0.5) is 4.39 Å². The minimum Gasteiger partial charge on any atom is -0.271 e. The molecule has 5 heteroatoms. The average Bonchev–Trinajstić information content (AvgIpc) is 2.91. The van der Waals surface area contributed by atoms with Crippen LogP contribution in [0.1, 0.15) is 17.2 Å². The molecule has 0 fully saturated rings. The number of nitrogens with two attached hydrogens (primary N) is 1. The Kier molecular flexibility index (Phi) is 3.45. The Labute approximate surface area is 116 Å². The maximum Gasteiger partial charge on any atom is 0.123 e. The van der Waals surface area contributed by atoms with Gasteiger partial charge in [-0.15, -0.1) is 0 Å². The molecular formula is C15H15FN4. The highest BCUT2D eigenvalue weighted by Gasteiger charge is 2.15. The van der Waals surface area contributed by atoms with Crippen LogP contribution in [-0.2, 0) is 6.42 Å². The number of fused-ring (bicyclic) bond motifs is 1. The second-order valence-electron chi connectivity index (χ2n) is 4.68. The summed E-state index contributed by atoms with van der Waals surface area (Å²) in [5.41, 5.74) is 5.87. The van der Waals surface area contributed by atoms with Gasteiger partial charge < -0.3 is 0 Å². The fourth-order valence-electron chi connectivity index (χ4n) is 2.34. The largest absolute Gasteiger partial charge is 0.271 e. The summed E-state index contributed by atoms with van der Waals surface area (Å²) in [4.78, 5) is 0. The average molecular weight is 270 g/mol. The minimum absolute atomic E-state index is 0.0691. The lowest BCUT2D eigenvalue weighted by Crippen LogP contribution is -2.29. The number of benzene rings is 1. The van der Waals surface area contributed by atoms with Gasteiger partial charge in [-0.25, -0.2) is 8.91 Å². The van der Waals surface area contributed by atoms with E-state index in [1.54, 1.807) is 12.1 Å². The van der Waals surface area contributed by atoms with Crippen LogP contribution >= 0.6 is 0 Å². The number of halogens is 1. The van der Waals surface area contributed by atoms with Crippen LogP contribution in [-0.4, -0.2) is 9.61 Å². The third-order valence-corrected chi connectivity index (χ3v) is 3.39. The molecule has 1 unspecified atom stereocenters. The molecule has 3 aromatic rings. The molecule has 102 valence electrons. The lowest BCUT2D eigenvalue weighted by atomic mass is 10.0. The molecule has 20 heavy (non-hydrogen) atoms. The van der Waals surface area contributed by atoms with E-state index in [1.807, 2.05) is 35.1 Å². The van der Waals surface area contributed by atoms with Crippen molar-refractivity contribution in [3.8, 4) is 0 Å². The summed E-state index contributed by atoms with van der Waals surface area (Å²) in [5.74, 6) is 5.44. The Hall–Kier alpha value is -2.24. The highest BCUT2D eigenvalue weighted by Crippen LogP contribution is 2.22. The summed E-state index contributed by atoms with van der Waals surface area (Å²) in [5, 5.41) is 4.30. The quantitative estimate of drug-likeness (QED) is 0.564. The standard InChI is InChI=1S/C15H15FN4/c16-12-6-4-11(5-7-12)9-14(19-17)13-10-18-20-8-2-1-3-15(13)20/h1-8,10,14,19H,9,17H2. The Morgan fingerprint density at radius 1 is 1.20 bits per heavy atom. The van der Waals surface area contributed by atoms with E-state index >= 15 is 0 Å². The Bertz CT molecular complexity index is 705. The predicted molar refractivity (Wildman–Crippen MR) is 75.4 cm³/mol. The van der Waals surface area contributed by atoms with Crippen LogP contribution < -0.4 is 11.3 Å². The van der Waals surface area contributed by atoms with Gasteiger partial charge in [-0.1, -0.05) is 18.2 Å². The van der Waals surface area contributed by atoms with Crippen LogP contribution in [0.2, 0.25) is 0 Å². The highest BCUT2D eigenvalue weighted by molar-refractivity contribution is 5.55. The molecule has 0 aliphatic carbocycles. The number of hydrogen-bond acceptors (Lipinski definition) is 3. The summed E-state index contributed by atoms with van der Waals surface area (Å²) < 4.78 is 14.7. The summed E-state index contributed by atoms with van der Waals surface area (Å²) in [6, 6.07) is 12.3. The molecule has 4 nitrogen and oxygen atoms in total. The Morgan fingerprint density at radius 3 is 2.75 bits per heavy atom. The van der Waals surface area contributed by atoms with E-state index in [4.69, 9.17) is 5.84 Å². The van der Waals surface area contributed by atoms with E-state index in [9.17, 15) is 4.39 Å². The van der Waals surface area contributed by atoms with E-state index in [1.165, 1.54) is 12.1 Å². The Morgan fingerprint density at radius 2 is 2.00 bits per heavy atom. The number of hydrogen-bond donors (Lipinski definition) is 2. The first-order valence-corrected chi connectivity index (χ1v) is 6.41. The van der Waals surface area contributed by atoms with Gasteiger partial charge in [0.05, 0.1) is 17.8 Å². The van der Waals surface area contributed by atoms with Gasteiger partial charge in [0, 0.05) is 11.8 Å². The number of pyridine rings is 1. The number of nitrogens with one attached hydrogen (secondary N) is 1. The zero-order valence-corrected chi connectivity index (χ0v) is 10.8. The summed E-state index contributed by atoms with van der Waals surface area (Å²) >= 11 is 0. The van der Waals surface area contributed by atoms with Crippen molar-refractivity contribution in [3.05, 3.63) is 71.8 Å². The van der Waals surface area contributed by atoms with Gasteiger partial charge in [0.1, 0.15) is 5.82 Å². The van der Waals surface area contributed by atoms with E-state index < -0.39 is 0 Å². The molecule has 1 atom stereocenters. The van der Waals surface area contributed by atoms with Crippen LogP contribution in [0, 0.1) is 5.82 Å². The normalized spacial score (nSPS) is 12.7. The van der Waals surface area contributed by atoms with Crippen LogP contribution in [0.15, 0.2) is 54.9 Å². The molecule has 0 saturated carbocycles. The fourth-order valence-corrected chi connectivity index (χ4v) is 2.34. The van der Waals surface area contributed by atoms with Gasteiger partial charge in [0.2, 0.25) is 0 Å². The van der Waals surface area contributed by atoms with E-state index in [0.29, 0.717) is 6.42 Å². The maximum absolute atomic E-state index is 12.9. The van der Waals surface area contributed by atoms with Crippen molar-refractivity contribution in [2.75, 3.05) is 0 Å². The summed E-state index contributed by atoms with van der Waals surface area (Å²) in [7, 11) is 0. The first-order chi connectivity index (χ1) is 9.78. The lowest BCUT2D eigenvalue weighted by molar-refractivity contribution is 0.554. The van der Waals surface area contributed by atoms with Crippen LogP contribution in [0.25, 0.3) is 5.52 Å². The van der Waals surface area contributed by atoms with Crippen molar-refractivity contribution in [1.82, 2.24) is 15.0 Å². The second kappa shape index (κ2) is 5.40. The van der Waals surface area contributed by atoms with Gasteiger partial charge in [0.25, 0.3) is 0 Å². The molecular weight excluding hydrogens is 255 g/mol. The van der Waals surface area contributed by atoms with Crippen molar-refractivity contribution in [3.63, 3.8) is 0 Å². The van der Waals surface area contributed by atoms with Crippen LogP contribution in [0.5, 0.6) is 0 Å². The lowest BCUT2D eigenvalue weighted by Gasteiger charge is -2.15. The summed E-state index contributed by atoms with van der Waals surface area (Å²) in [6.07, 6.45) is 4.38.